The maximum absolute atomic E-state index is 11.4. The average molecular weight is 295 g/mol. The van der Waals surface area contributed by atoms with Gasteiger partial charge in [-0.05, 0) is 12.5 Å². The van der Waals surface area contributed by atoms with Crippen LogP contribution in [0.15, 0.2) is 30.3 Å². The standard InChI is InChI=1S/C14H17NO4S/c1-2-20(16,17)19-14(11-15)8-13(9-14)18-10-12-6-4-3-5-7-12/h3-7,13H,2,8-10H2,1H3. The maximum Gasteiger partial charge on any atom is 0.268 e. The van der Waals surface area contributed by atoms with Gasteiger partial charge in [-0.3, -0.25) is 0 Å². The molecule has 2 rings (SSSR count). The summed E-state index contributed by atoms with van der Waals surface area (Å²) in [5.41, 5.74) is -0.194. The Balaban J connectivity index is 1.85. The molecule has 1 aromatic carbocycles. The van der Waals surface area contributed by atoms with E-state index in [1.807, 2.05) is 36.4 Å². The van der Waals surface area contributed by atoms with Crippen molar-refractivity contribution in [2.45, 2.75) is 38.1 Å². The molecule has 0 radical (unpaired) electrons. The van der Waals surface area contributed by atoms with Crippen LogP contribution in [-0.2, 0) is 25.6 Å². The second-order valence-electron chi connectivity index (χ2n) is 4.86. The molecule has 6 heteroatoms. The normalized spacial score (nSPS) is 25.7. The molecule has 1 saturated carbocycles. The maximum atomic E-state index is 11.4. The van der Waals surface area contributed by atoms with Gasteiger partial charge in [0, 0.05) is 12.8 Å². The van der Waals surface area contributed by atoms with Crippen LogP contribution < -0.4 is 0 Å². The minimum Gasteiger partial charge on any atom is -0.373 e. The summed E-state index contributed by atoms with van der Waals surface area (Å²) in [4.78, 5) is 0. The fourth-order valence-electron chi connectivity index (χ4n) is 2.06. The summed E-state index contributed by atoms with van der Waals surface area (Å²) in [5.74, 6) is -0.133. The third-order valence-electron chi connectivity index (χ3n) is 3.29. The van der Waals surface area contributed by atoms with Gasteiger partial charge in [0.05, 0.1) is 24.5 Å². The first kappa shape index (κ1) is 15.0. The Kier molecular flexibility index (Phi) is 4.43. The zero-order chi connectivity index (χ0) is 14.6. The number of rotatable bonds is 6. The second kappa shape index (κ2) is 5.92. The Morgan fingerprint density at radius 1 is 1.35 bits per heavy atom. The smallest absolute Gasteiger partial charge is 0.268 e. The van der Waals surface area contributed by atoms with Gasteiger partial charge < -0.3 is 4.74 Å². The first-order valence-corrected chi connectivity index (χ1v) is 8.06. The van der Waals surface area contributed by atoms with Gasteiger partial charge in [-0.1, -0.05) is 30.3 Å². The summed E-state index contributed by atoms with van der Waals surface area (Å²) >= 11 is 0. The van der Waals surface area contributed by atoms with E-state index in [4.69, 9.17) is 14.2 Å². The minimum absolute atomic E-state index is 0.133. The fraction of sp³-hybridized carbons (Fsp3) is 0.500. The van der Waals surface area contributed by atoms with Gasteiger partial charge in [0.1, 0.15) is 0 Å². The highest BCUT2D eigenvalue weighted by Gasteiger charge is 2.49. The molecule has 0 aromatic heterocycles. The molecular formula is C14H17NO4S. The minimum atomic E-state index is -3.62. The van der Waals surface area contributed by atoms with Crippen molar-refractivity contribution in [1.29, 1.82) is 5.26 Å². The van der Waals surface area contributed by atoms with Crippen molar-refractivity contribution in [3.63, 3.8) is 0 Å². The molecule has 0 atom stereocenters. The Labute approximate surface area is 119 Å². The summed E-state index contributed by atoms with van der Waals surface area (Å²) in [7, 11) is -3.62. The van der Waals surface area contributed by atoms with Gasteiger partial charge in [-0.2, -0.15) is 13.7 Å². The second-order valence-corrected chi connectivity index (χ2v) is 6.72. The predicted octanol–water partition coefficient (Wildman–Crippen LogP) is 1.99. The van der Waals surface area contributed by atoms with Gasteiger partial charge in [-0.15, -0.1) is 0 Å². The van der Waals surface area contributed by atoms with E-state index in [2.05, 4.69) is 0 Å². The number of ether oxygens (including phenoxy) is 1. The van der Waals surface area contributed by atoms with Crippen molar-refractivity contribution in [3.05, 3.63) is 35.9 Å². The molecule has 1 aromatic rings. The lowest BCUT2D eigenvalue weighted by atomic mass is 9.79. The number of nitriles is 1. The van der Waals surface area contributed by atoms with Crippen LogP contribution in [-0.4, -0.2) is 25.9 Å². The number of hydrogen-bond acceptors (Lipinski definition) is 5. The van der Waals surface area contributed by atoms with Crippen LogP contribution in [0.2, 0.25) is 0 Å². The molecule has 0 amide bonds. The van der Waals surface area contributed by atoms with Crippen LogP contribution >= 0.6 is 0 Å². The zero-order valence-electron chi connectivity index (χ0n) is 11.3. The van der Waals surface area contributed by atoms with E-state index in [0.29, 0.717) is 6.61 Å². The summed E-state index contributed by atoms with van der Waals surface area (Å²) in [6.07, 6.45) is 0.437. The van der Waals surface area contributed by atoms with Crippen LogP contribution in [0, 0.1) is 11.3 Å². The molecule has 20 heavy (non-hydrogen) atoms. The van der Waals surface area contributed by atoms with Gasteiger partial charge >= 0.3 is 0 Å². The van der Waals surface area contributed by atoms with Crippen molar-refractivity contribution < 1.29 is 17.3 Å². The summed E-state index contributed by atoms with van der Waals surface area (Å²) in [6.45, 7) is 1.94. The SMILES string of the molecule is CCS(=O)(=O)OC1(C#N)CC(OCc2ccccc2)C1. The van der Waals surface area contributed by atoms with E-state index >= 15 is 0 Å². The molecule has 0 saturated heterocycles. The van der Waals surface area contributed by atoms with E-state index < -0.39 is 15.7 Å². The monoisotopic (exact) mass is 295 g/mol. The molecule has 1 aliphatic carbocycles. The molecule has 0 spiro atoms. The fourth-order valence-corrected chi connectivity index (χ4v) is 2.84. The first-order valence-electron chi connectivity index (χ1n) is 6.49. The van der Waals surface area contributed by atoms with Crippen LogP contribution in [0.3, 0.4) is 0 Å². The van der Waals surface area contributed by atoms with Crippen LogP contribution in [0.25, 0.3) is 0 Å². The molecule has 1 aliphatic rings. The first-order chi connectivity index (χ1) is 9.49. The number of nitrogens with zero attached hydrogens (tertiary/aromatic N) is 1. The largest absolute Gasteiger partial charge is 0.373 e. The summed E-state index contributed by atoms with van der Waals surface area (Å²) < 4.78 is 33.5. The van der Waals surface area contributed by atoms with E-state index in [9.17, 15) is 8.42 Å². The lowest BCUT2D eigenvalue weighted by Gasteiger charge is -2.40. The lowest BCUT2D eigenvalue weighted by molar-refractivity contribution is -0.0989. The van der Waals surface area contributed by atoms with Crippen molar-refractivity contribution in [2.24, 2.45) is 0 Å². The van der Waals surface area contributed by atoms with Gasteiger partial charge in [0.15, 0.2) is 5.60 Å². The highest BCUT2D eigenvalue weighted by Crippen LogP contribution is 2.39. The molecule has 108 valence electrons. The summed E-state index contributed by atoms with van der Waals surface area (Å²) in [5, 5.41) is 9.10. The van der Waals surface area contributed by atoms with Crippen LogP contribution in [0.4, 0.5) is 0 Å². The molecule has 0 bridgehead atoms. The Morgan fingerprint density at radius 3 is 2.55 bits per heavy atom. The van der Waals surface area contributed by atoms with E-state index in [0.717, 1.165) is 5.56 Å². The van der Waals surface area contributed by atoms with E-state index in [1.54, 1.807) is 0 Å². The van der Waals surface area contributed by atoms with Gasteiger partial charge in [0.25, 0.3) is 10.1 Å². The molecule has 5 nitrogen and oxygen atoms in total. The average Bonchev–Trinajstić information content (AvgIpc) is 2.42. The number of benzene rings is 1. The highest BCUT2D eigenvalue weighted by molar-refractivity contribution is 7.86. The number of hydrogen-bond donors (Lipinski definition) is 0. The van der Waals surface area contributed by atoms with Crippen LogP contribution in [0.5, 0.6) is 0 Å². The predicted molar refractivity (Wildman–Crippen MR) is 73.1 cm³/mol. The highest BCUT2D eigenvalue weighted by atomic mass is 32.2. The summed E-state index contributed by atoms with van der Waals surface area (Å²) in [6, 6.07) is 11.6. The van der Waals surface area contributed by atoms with Gasteiger partial charge in [-0.25, -0.2) is 4.18 Å². The van der Waals surface area contributed by atoms with Crippen molar-refractivity contribution in [3.8, 4) is 6.07 Å². The Morgan fingerprint density at radius 2 is 2.00 bits per heavy atom. The van der Waals surface area contributed by atoms with E-state index in [1.165, 1.54) is 6.92 Å². The molecule has 0 heterocycles. The molecule has 1 fully saturated rings. The quantitative estimate of drug-likeness (QED) is 0.750. The van der Waals surface area contributed by atoms with Crippen molar-refractivity contribution in [2.75, 3.05) is 5.75 Å². The zero-order valence-corrected chi connectivity index (χ0v) is 12.1. The third-order valence-corrected chi connectivity index (χ3v) is 4.57. The van der Waals surface area contributed by atoms with Gasteiger partial charge in [0.2, 0.25) is 0 Å². The molecule has 0 N–H and O–H groups in total. The third kappa shape index (κ3) is 3.57. The van der Waals surface area contributed by atoms with Crippen molar-refractivity contribution >= 4 is 10.1 Å². The molecule has 0 unspecified atom stereocenters. The van der Waals surface area contributed by atoms with Crippen molar-refractivity contribution in [1.82, 2.24) is 0 Å². The Hall–Kier alpha value is -1.42. The van der Waals surface area contributed by atoms with E-state index in [-0.39, 0.29) is 24.7 Å². The lowest BCUT2D eigenvalue weighted by Crippen LogP contribution is -2.50. The topological polar surface area (TPSA) is 76.4 Å². The molecule has 0 aliphatic heterocycles. The van der Waals surface area contributed by atoms with Crippen LogP contribution in [0.1, 0.15) is 25.3 Å². The molecular weight excluding hydrogens is 278 g/mol. The Bertz CT molecular complexity index is 585.